The van der Waals surface area contributed by atoms with Gasteiger partial charge in [-0.05, 0) is 43.7 Å². The largest absolute Gasteiger partial charge is 0.378 e. The molecule has 2 heterocycles. The first kappa shape index (κ1) is 14.4. The third kappa shape index (κ3) is 2.53. The molecule has 1 saturated heterocycles. The number of rotatable bonds is 3. The Balaban J connectivity index is 2.01. The number of carbonyl (C=O) groups is 1. The minimum atomic E-state index is 0.159. The monoisotopic (exact) mass is 288 g/mol. The Morgan fingerprint density at radius 3 is 2.71 bits per heavy atom. The van der Waals surface area contributed by atoms with Crippen LogP contribution in [0.15, 0.2) is 12.7 Å². The maximum atomic E-state index is 12.9. The van der Waals surface area contributed by atoms with E-state index in [-0.39, 0.29) is 5.91 Å². The molecular formula is C17H24N2O2. The lowest BCUT2D eigenvalue weighted by Crippen LogP contribution is -2.41. The van der Waals surface area contributed by atoms with Crippen LogP contribution < -0.4 is 0 Å². The number of amides is 1. The maximum absolute atomic E-state index is 12.9. The Morgan fingerprint density at radius 2 is 2.00 bits per heavy atom. The van der Waals surface area contributed by atoms with Gasteiger partial charge in [-0.25, -0.2) is 0 Å². The molecule has 0 saturated carbocycles. The summed E-state index contributed by atoms with van der Waals surface area (Å²) in [5.74, 6) is 0.159. The molecule has 1 amide bonds. The zero-order valence-electron chi connectivity index (χ0n) is 12.9. The van der Waals surface area contributed by atoms with Crippen molar-refractivity contribution in [3.05, 3.63) is 35.2 Å². The van der Waals surface area contributed by atoms with Gasteiger partial charge in [0.25, 0.3) is 5.91 Å². The highest BCUT2D eigenvalue weighted by molar-refractivity contribution is 5.95. The summed E-state index contributed by atoms with van der Waals surface area (Å²) in [5.41, 5.74) is 4.82. The first-order valence-corrected chi connectivity index (χ1v) is 7.92. The Labute approximate surface area is 126 Å². The van der Waals surface area contributed by atoms with Crippen molar-refractivity contribution in [2.45, 2.75) is 39.2 Å². The lowest BCUT2D eigenvalue weighted by molar-refractivity contribution is 0.0295. The number of fused-ring (bicyclic) bond motifs is 1. The number of carbonyl (C=O) groups excluding carboxylic acids is 1. The quantitative estimate of drug-likeness (QED) is 0.800. The zero-order valence-corrected chi connectivity index (χ0v) is 12.9. The van der Waals surface area contributed by atoms with Gasteiger partial charge in [0, 0.05) is 25.3 Å². The Morgan fingerprint density at radius 1 is 1.29 bits per heavy atom. The molecule has 0 N–H and O–H groups in total. The van der Waals surface area contributed by atoms with E-state index in [0.717, 1.165) is 25.1 Å². The standard InChI is InChI=1S/C17H24N2O2/c1-3-8-19-15-7-5-4-6-14(15)13(2)16(19)17(20)18-9-11-21-12-10-18/h3H,1,4-12H2,2H3. The molecule has 1 aliphatic heterocycles. The molecule has 1 aromatic heterocycles. The Bertz CT molecular complexity index is 554. The fraction of sp³-hybridized carbons (Fsp3) is 0.588. The van der Waals surface area contributed by atoms with Crippen LogP contribution in [0.2, 0.25) is 0 Å². The van der Waals surface area contributed by atoms with Crippen molar-refractivity contribution < 1.29 is 9.53 Å². The van der Waals surface area contributed by atoms with Crippen LogP contribution in [-0.4, -0.2) is 41.7 Å². The highest BCUT2D eigenvalue weighted by Gasteiger charge is 2.29. The van der Waals surface area contributed by atoms with Crippen LogP contribution in [0.4, 0.5) is 0 Å². The molecule has 4 nitrogen and oxygen atoms in total. The molecule has 2 aliphatic rings. The van der Waals surface area contributed by atoms with Gasteiger partial charge in [0.2, 0.25) is 0 Å². The highest BCUT2D eigenvalue weighted by atomic mass is 16.5. The van der Waals surface area contributed by atoms with Gasteiger partial charge in [-0.3, -0.25) is 4.79 Å². The van der Waals surface area contributed by atoms with Gasteiger partial charge in [0.15, 0.2) is 0 Å². The van der Waals surface area contributed by atoms with Crippen molar-refractivity contribution in [3.63, 3.8) is 0 Å². The molecule has 0 aromatic carbocycles. The molecule has 0 bridgehead atoms. The van der Waals surface area contributed by atoms with Crippen LogP contribution in [0, 0.1) is 6.92 Å². The summed E-state index contributed by atoms with van der Waals surface area (Å²) in [4.78, 5) is 14.9. The number of hydrogen-bond acceptors (Lipinski definition) is 2. The fourth-order valence-electron chi connectivity index (χ4n) is 3.59. The third-order valence-electron chi connectivity index (χ3n) is 4.65. The lowest BCUT2D eigenvalue weighted by atomic mass is 9.95. The highest BCUT2D eigenvalue weighted by Crippen LogP contribution is 2.30. The third-order valence-corrected chi connectivity index (χ3v) is 4.65. The molecule has 114 valence electrons. The molecule has 4 heteroatoms. The van der Waals surface area contributed by atoms with Gasteiger partial charge in [-0.2, -0.15) is 0 Å². The van der Waals surface area contributed by atoms with Crippen LogP contribution in [0.25, 0.3) is 0 Å². The van der Waals surface area contributed by atoms with Crippen LogP contribution in [0.5, 0.6) is 0 Å². The molecule has 1 aliphatic carbocycles. The van der Waals surface area contributed by atoms with E-state index in [0.29, 0.717) is 26.3 Å². The van der Waals surface area contributed by atoms with E-state index in [1.807, 2.05) is 11.0 Å². The summed E-state index contributed by atoms with van der Waals surface area (Å²) in [6.45, 7) is 9.38. The van der Waals surface area contributed by atoms with Gasteiger partial charge in [-0.1, -0.05) is 6.08 Å². The number of ether oxygens (including phenoxy) is 1. The second-order valence-electron chi connectivity index (χ2n) is 5.91. The molecular weight excluding hydrogens is 264 g/mol. The maximum Gasteiger partial charge on any atom is 0.270 e. The average Bonchev–Trinajstić information content (AvgIpc) is 2.81. The van der Waals surface area contributed by atoms with Crippen molar-refractivity contribution in [1.82, 2.24) is 9.47 Å². The second-order valence-corrected chi connectivity index (χ2v) is 5.91. The topological polar surface area (TPSA) is 34.5 Å². The molecule has 3 rings (SSSR count). The second kappa shape index (κ2) is 6.06. The van der Waals surface area contributed by atoms with E-state index < -0.39 is 0 Å². The first-order valence-electron chi connectivity index (χ1n) is 7.92. The molecule has 0 atom stereocenters. The van der Waals surface area contributed by atoms with Gasteiger partial charge < -0.3 is 14.2 Å². The van der Waals surface area contributed by atoms with Gasteiger partial charge in [-0.15, -0.1) is 6.58 Å². The van der Waals surface area contributed by atoms with Crippen LogP contribution in [0.1, 0.15) is 40.2 Å². The minimum Gasteiger partial charge on any atom is -0.378 e. The van der Waals surface area contributed by atoms with Crippen LogP contribution in [0.3, 0.4) is 0 Å². The molecule has 0 unspecified atom stereocenters. The predicted molar refractivity (Wildman–Crippen MR) is 82.7 cm³/mol. The number of aromatic nitrogens is 1. The Kier molecular flexibility index (Phi) is 4.15. The minimum absolute atomic E-state index is 0.159. The van der Waals surface area contributed by atoms with E-state index in [2.05, 4.69) is 18.1 Å². The van der Waals surface area contributed by atoms with Crippen molar-refractivity contribution in [2.24, 2.45) is 0 Å². The number of allylic oxidation sites excluding steroid dienone is 1. The molecule has 1 fully saturated rings. The summed E-state index contributed by atoms with van der Waals surface area (Å²) < 4.78 is 7.56. The molecule has 0 radical (unpaired) electrons. The average molecular weight is 288 g/mol. The predicted octanol–water partition coefficient (Wildman–Crippen LogP) is 2.33. The van der Waals surface area contributed by atoms with Gasteiger partial charge in [0.05, 0.1) is 13.2 Å². The normalized spacial score (nSPS) is 18.4. The summed E-state index contributed by atoms with van der Waals surface area (Å²) in [7, 11) is 0. The number of hydrogen-bond donors (Lipinski definition) is 0. The Hall–Kier alpha value is -1.55. The number of morpholine rings is 1. The van der Waals surface area contributed by atoms with E-state index in [9.17, 15) is 4.79 Å². The van der Waals surface area contributed by atoms with E-state index >= 15 is 0 Å². The van der Waals surface area contributed by atoms with Crippen molar-refractivity contribution in [2.75, 3.05) is 26.3 Å². The van der Waals surface area contributed by atoms with Gasteiger partial charge in [0.1, 0.15) is 5.69 Å². The smallest absolute Gasteiger partial charge is 0.270 e. The summed E-state index contributed by atoms with van der Waals surface area (Å²) in [6.07, 6.45) is 6.54. The molecule has 21 heavy (non-hydrogen) atoms. The van der Waals surface area contributed by atoms with Crippen molar-refractivity contribution >= 4 is 5.91 Å². The van der Waals surface area contributed by atoms with Crippen LogP contribution >= 0.6 is 0 Å². The van der Waals surface area contributed by atoms with Crippen molar-refractivity contribution in [3.8, 4) is 0 Å². The molecule has 0 spiro atoms. The van der Waals surface area contributed by atoms with Crippen LogP contribution in [-0.2, 0) is 24.1 Å². The van der Waals surface area contributed by atoms with E-state index in [4.69, 9.17) is 4.74 Å². The first-order chi connectivity index (χ1) is 10.2. The number of nitrogens with zero attached hydrogens (tertiary/aromatic N) is 2. The van der Waals surface area contributed by atoms with E-state index in [1.165, 1.54) is 29.7 Å². The summed E-state index contributed by atoms with van der Waals surface area (Å²) in [6, 6.07) is 0. The zero-order chi connectivity index (χ0) is 14.8. The lowest BCUT2D eigenvalue weighted by Gasteiger charge is -2.27. The molecule has 1 aromatic rings. The van der Waals surface area contributed by atoms with Gasteiger partial charge >= 0.3 is 0 Å². The SMILES string of the molecule is C=CCn1c2c(c(C)c1C(=O)N1CCOCC1)CCCC2. The summed E-state index contributed by atoms with van der Waals surface area (Å²) in [5, 5.41) is 0. The summed E-state index contributed by atoms with van der Waals surface area (Å²) >= 11 is 0. The fourth-order valence-corrected chi connectivity index (χ4v) is 3.59. The van der Waals surface area contributed by atoms with E-state index in [1.54, 1.807) is 0 Å². The van der Waals surface area contributed by atoms with Crippen molar-refractivity contribution in [1.29, 1.82) is 0 Å².